The Balaban J connectivity index is 0.00000192. The second-order valence-electron chi connectivity index (χ2n) is 5.63. The number of nitrogens with zero attached hydrogens (tertiary/aromatic N) is 2. The van der Waals surface area contributed by atoms with Crippen LogP contribution in [0.3, 0.4) is 0 Å². The minimum absolute atomic E-state index is 0. The van der Waals surface area contributed by atoms with Crippen LogP contribution in [-0.2, 0) is 0 Å². The Hall–Kier alpha value is -1.92. The Kier molecular flexibility index (Phi) is 5.74. The van der Waals surface area contributed by atoms with Gasteiger partial charge in [0.05, 0.1) is 17.5 Å². The molecule has 1 unspecified atom stereocenters. The Morgan fingerprint density at radius 3 is 2.87 bits per heavy atom. The molecule has 1 atom stereocenters. The van der Waals surface area contributed by atoms with Crippen molar-refractivity contribution in [3.63, 3.8) is 0 Å². The maximum atomic E-state index is 13.0. The highest BCUT2D eigenvalue weighted by molar-refractivity contribution is 5.99. The molecule has 3 rings (SSSR count). The van der Waals surface area contributed by atoms with Crippen LogP contribution in [0.2, 0.25) is 0 Å². The van der Waals surface area contributed by atoms with Crippen LogP contribution < -0.4 is 5.32 Å². The zero-order valence-electron chi connectivity index (χ0n) is 12.9. The number of likely N-dealkylation sites (tertiary alicyclic amines) is 1. The molecule has 1 aliphatic heterocycles. The lowest BCUT2D eigenvalue weighted by Gasteiger charge is -2.16. The van der Waals surface area contributed by atoms with Crippen LogP contribution in [0.25, 0.3) is 11.3 Å². The Morgan fingerprint density at radius 1 is 1.43 bits per heavy atom. The van der Waals surface area contributed by atoms with Crippen molar-refractivity contribution in [3.8, 4) is 11.3 Å². The Labute approximate surface area is 140 Å². The second kappa shape index (κ2) is 7.57. The van der Waals surface area contributed by atoms with Crippen LogP contribution >= 0.6 is 12.4 Å². The average Bonchev–Trinajstić information content (AvgIpc) is 3.17. The molecule has 1 aliphatic rings. The van der Waals surface area contributed by atoms with Gasteiger partial charge in [0.15, 0.2) is 0 Å². The molecule has 1 fully saturated rings. The summed E-state index contributed by atoms with van der Waals surface area (Å²) in [5.74, 6) is 0.174. The van der Waals surface area contributed by atoms with E-state index in [1.54, 1.807) is 18.3 Å². The lowest BCUT2D eigenvalue weighted by atomic mass is 10.1. The first-order valence-electron chi connectivity index (χ1n) is 7.42. The smallest absolute Gasteiger partial charge is 0.257 e. The highest BCUT2D eigenvalue weighted by Gasteiger charge is 2.28. The summed E-state index contributed by atoms with van der Waals surface area (Å²) < 4.78 is 13.0. The molecular weight excluding hydrogens is 319 g/mol. The molecule has 0 bridgehead atoms. The number of H-pyrrole nitrogens is 1. The minimum Gasteiger partial charge on any atom is -0.338 e. The standard InChI is InChI=1S/C16H19FN4O.ClH/c1-18-8-11-6-7-21(10-11)16(22)14-9-19-20-15(14)12-2-4-13(17)5-3-12;/h2-5,9,11,18H,6-8,10H2,1H3,(H,19,20);1H. The third kappa shape index (κ3) is 3.71. The normalized spacial score (nSPS) is 17.1. The van der Waals surface area contributed by atoms with Crippen LogP contribution in [0, 0.1) is 11.7 Å². The quantitative estimate of drug-likeness (QED) is 0.899. The van der Waals surface area contributed by atoms with E-state index in [0.29, 0.717) is 17.2 Å². The predicted molar refractivity (Wildman–Crippen MR) is 89.2 cm³/mol. The first-order valence-corrected chi connectivity index (χ1v) is 7.42. The largest absolute Gasteiger partial charge is 0.338 e. The molecule has 0 saturated carbocycles. The molecule has 7 heteroatoms. The highest BCUT2D eigenvalue weighted by atomic mass is 35.5. The van der Waals surface area contributed by atoms with Crippen LogP contribution in [0.15, 0.2) is 30.5 Å². The number of hydrogen-bond donors (Lipinski definition) is 2. The van der Waals surface area contributed by atoms with Gasteiger partial charge in [-0.3, -0.25) is 9.89 Å². The number of halogens is 2. The summed E-state index contributed by atoms with van der Waals surface area (Å²) >= 11 is 0. The fourth-order valence-electron chi connectivity index (χ4n) is 2.93. The second-order valence-corrected chi connectivity index (χ2v) is 5.63. The van der Waals surface area contributed by atoms with Crippen molar-refractivity contribution in [2.24, 2.45) is 5.92 Å². The van der Waals surface area contributed by atoms with Crippen LogP contribution in [-0.4, -0.2) is 47.7 Å². The van der Waals surface area contributed by atoms with Gasteiger partial charge in [0.1, 0.15) is 5.82 Å². The maximum Gasteiger partial charge on any atom is 0.257 e. The van der Waals surface area contributed by atoms with Gasteiger partial charge in [-0.15, -0.1) is 12.4 Å². The summed E-state index contributed by atoms with van der Waals surface area (Å²) in [6, 6.07) is 6.05. The van der Waals surface area contributed by atoms with Gasteiger partial charge in [-0.2, -0.15) is 5.10 Å². The monoisotopic (exact) mass is 338 g/mol. The molecule has 0 aliphatic carbocycles. The number of aromatic amines is 1. The van der Waals surface area contributed by atoms with E-state index < -0.39 is 0 Å². The number of hydrogen-bond acceptors (Lipinski definition) is 3. The van der Waals surface area contributed by atoms with Crippen molar-refractivity contribution >= 4 is 18.3 Å². The van der Waals surface area contributed by atoms with E-state index in [2.05, 4.69) is 15.5 Å². The van der Waals surface area contributed by atoms with E-state index >= 15 is 0 Å². The Bertz CT molecular complexity index is 658. The predicted octanol–water partition coefficient (Wildman–Crippen LogP) is 2.32. The summed E-state index contributed by atoms with van der Waals surface area (Å²) in [5, 5.41) is 9.99. The maximum absolute atomic E-state index is 13.0. The molecule has 1 saturated heterocycles. The van der Waals surface area contributed by atoms with E-state index in [0.717, 1.165) is 31.6 Å². The number of nitrogens with one attached hydrogen (secondary N) is 2. The number of carbonyl (C=O) groups is 1. The molecule has 2 N–H and O–H groups in total. The summed E-state index contributed by atoms with van der Waals surface area (Å²) in [6.45, 7) is 2.44. The van der Waals surface area contributed by atoms with Crippen molar-refractivity contribution in [3.05, 3.63) is 41.8 Å². The average molecular weight is 339 g/mol. The zero-order valence-corrected chi connectivity index (χ0v) is 13.7. The molecular formula is C16H20ClFN4O. The zero-order chi connectivity index (χ0) is 15.5. The third-order valence-corrected chi connectivity index (χ3v) is 4.07. The van der Waals surface area contributed by atoms with Crippen LogP contribution in [0.5, 0.6) is 0 Å². The number of aromatic nitrogens is 2. The molecule has 23 heavy (non-hydrogen) atoms. The van der Waals surface area contributed by atoms with Gasteiger partial charge in [0.2, 0.25) is 0 Å². The molecule has 2 aromatic rings. The highest BCUT2D eigenvalue weighted by Crippen LogP contribution is 2.25. The molecule has 1 amide bonds. The molecule has 1 aromatic heterocycles. The van der Waals surface area contributed by atoms with Crippen molar-refractivity contribution in [2.75, 3.05) is 26.7 Å². The SMILES string of the molecule is CNCC1CCN(C(=O)c2cn[nH]c2-c2ccc(F)cc2)C1.Cl. The van der Waals surface area contributed by atoms with E-state index in [1.807, 2.05) is 11.9 Å². The molecule has 124 valence electrons. The molecule has 0 spiro atoms. The number of benzene rings is 1. The molecule has 1 aromatic carbocycles. The number of amides is 1. The Morgan fingerprint density at radius 2 is 2.17 bits per heavy atom. The fourth-order valence-corrected chi connectivity index (χ4v) is 2.93. The number of carbonyl (C=O) groups excluding carboxylic acids is 1. The lowest BCUT2D eigenvalue weighted by molar-refractivity contribution is 0.0788. The third-order valence-electron chi connectivity index (χ3n) is 4.07. The molecule has 0 radical (unpaired) electrons. The lowest BCUT2D eigenvalue weighted by Crippen LogP contribution is -2.30. The van der Waals surface area contributed by atoms with E-state index in [1.165, 1.54) is 12.1 Å². The minimum atomic E-state index is -0.300. The van der Waals surface area contributed by atoms with Crippen molar-refractivity contribution in [1.29, 1.82) is 0 Å². The van der Waals surface area contributed by atoms with E-state index in [9.17, 15) is 9.18 Å². The van der Waals surface area contributed by atoms with Crippen molar-refractivity contribution in [1.82, 2.24) is 20.4 Å². The van der Waals surface area contributed by atoms with Gasteiger partial charge in [-0.25, -0.2) is 4.39 Å². The van der Waals surface area contributed by atoms with Gasteiger partial charge in [0.25, 0.3) is 5.91 Å². The van der Waals surface area contributed by atoms with Gasteiger partial charge >= 0.3 is 0 Å². The van der Waals surface area contributed by atoms with E-state index in [-0.39, 0.29) is 24.1 Å². The molecule has 5 nitrogen and oxygen atoms in total. The van der Waals surface area contributed by atoms with Gasteiger partial charge < -0.3 is 10.2 Å². The first-order chi connectivity index (χ1) is 10.7. The summed E-state index contributed by atoms with van der Waals surface area (Å²) in [5.41, 5.74) is 1.94. The summed E-state index contributed by atoms with van der Waals surface area (Å²) in [4.78, 5) is 14.6. The topological polar surface area (TPSA) is 61.0 Å². The van der Waals surface area contributed by atoms with Crippen LogP contribution in [0.4, 0.5) is 4.39 Å². The first kappa shape index (κ1) is 17.4. The summed E-state index contributed by atoms with van der Waals surface area (Å²) in [6.07, 6.45) is 2.56. The molecule has 2 heterocycles. The fraction of sp³-hybridized carbons (Fsp3) is 0.375. The number of rotatable bonds is 4. The van der Waals surface area contributed by atoms with Gasteiger partial charge in [-0.05, 0) is 50.2 Å². The van der Waals surface area contributed by atoms with Crippen molar-refractivity contribution in [2.45, 2.75) is 6.42 Å². The van der Waals surface area contributed by atoms with Crippen LogP contribution in [0.1, 0.15) is 16.8 Å². The van der Waals surface area contributed by atoms with Gasteiger partial charge in [0, 0.05) is 18.7 Å². The van der Waals surface area contributed by atoms with E-state index in [4.69, 9.17) is 0 Å². The van der Waals surface area contributed by atoms with Crippen molar-refractivity contribution < 1.29 is 9.18 Å². The summed E-state index contributed by atoms with van der Waals surface area (Å²) in [7, 11) is 1.92. The van der Waals surface area contributed by atoms with Gasteiger partial charge in [-0.1, -0.05) is 0 Å².